The Balaban J connectivity index is 2.91. The molecule has 0 atom stereocenters. The minimum absolute atomic E-state index is 0.103. The molecule has 0 unspecified atom stereocenters. The van der Waals surface area contributed by atoms with E-state index in [1.807, 2.05) is 39.8 Å². The average molecular weight is 262 g/mol. The number of carbonyl (C=O) groups is 2. The zero-order valence-electron chi connectivity index (χ0n) is 12.3. The molecule has 0 aliphatic carbocycles. The quantitative estimate of drug-likeness (QED) is 0.833. The largest absolute Gasteiger partial charge is 0.273 e. The Labute approximate surface area is 114 Å². The molecule has 0 heterocycles. The van der Waals surface area contributed by atoms with Crippen LogP contribution in [0.15, 0.2) is 24.3 Å². The van der Waals surface area contributed by atoms with Crippen LogP contribution in [0.1, 0.15) is 50.0 Å². The number of hydrazine groups is 1. The number of carbonyl (C=O) groups excluding carboxylic acids is 2. The van der Waals surface area contributed by atoms with Gasteiger partial charge in [-0.2, -0.15) is 0 Å². The van der Waals surface area contributed by atoms with E-state index in [4.69, 9.17) is 0 Å². The topological polar surface area (TPSA) is 49.4 Å². The summed E-state index contributed by atoms with van der Waals surface area (Å²) in [7, 11) is 0. The van der Waals surface area contributed by atoms with Crippen molar-refractivity contribution in [3.8, 4) is 0 Å². The molecule has 0 radical (unpaired) electrons. The molecule has 1 N–H and O–H groups in total. The molecule has 4 heteroatoms. The van der Waals surface area contributed by atoms with Gasteiger partial charge in [-0.25, -0.2) is 5.01 Å². The first-order valence-electron chi connectivity index (χ1n) is 6.46. The molecule has 0 saturated heterocycles. The maximum absolute atomic E-state index is 12.2. The molecule has 1 aromatic carbocycles. The van der Waals surface area contributed by atoms with Gasteiger partial charge in [-0.05, 0) is 39.8 Å². The third-order valence-electron chi connectivity index (χ3n) is 2.72. The summed E-state index contributed by atoms with van der Waals surface area (Å²) < 4.78 is 0. The van der Waals surface area contributed by atoms with Crippen LogP contribution < -0.4 is 5.43 Å². The predicted molar refractivity (Wildman–Crippen MR) is 75.5 cm³/mol. The molecule has 104 valence electrons. The molecular formula is C15H22N2O2. The number of nitrogens with one attached hydrogen (secondary N) is 1. The zero-order valence-corrected chi connectivity index (χ0v) is 12.3. The summed E-state index contributed by atoms with van der Waals surface area (Å²) in [6, 6.07) is 7.29. The van der Waals surface area contributed by atoms with Crippen molar-refractivity contribution < 1.29 is 9.59 Å². The van der Waals surface area contributed by atoms with Crippen LogP contribution in [0.3, 0.4) is 0 Å². The highest BCUT2D eigenvalue weighted by Gasteiger charge is 2.27. The maximum Gasteiger partial charge on any atom is 0.269 e. The zero-order chi connectivity index (χ0) is 14.6. The van der Waals surface area contributed by atoms with Gasteiger partial charge < -0.3 is 0 Å². The van der Waals surface area contributed by atoms with Gasteiger partial charge in [0.1, 0.15) is 0 Å². The molecule has 19 heavy (non-hydrogen) atoms. The van der Waals surface area contributed by atoms with Crippen molar-refractivity contribution in [3.05, 3.63) is 35.4 Å². The number of aryl methyl sites for hydroxylation is 1. The van der Waals surface area contributed by atoms with Crippen molar-refractivity contribution in [2.75, 3.05) is 0 Å². The fourth-order valence-corrected chi connectivity index (χ4v) is 1.71. The monoisotopic (exact) mass is 262 g/mol. The standard InChI is InChI=1S/C15H22N2O2/c1-6-13(18)17(15(3,4)5)16-14(19)12-9-7-8-11(2)10-12/h7-10H,6H2,1-5H3,(H,16,19). The number of amides is 2. The summed E-state index contributed by atoms with van der Waals surface area (Å²) in [5, 5.41) is 1.40. The fourth-order valence-electron chi connectivity index (χ4n) is 1.71. The van der Waals surface area contributed by atoms with Crippen molar-refractivity contribution in [2.45, 2.75) is 46.6 Å². The van der Waals surface area contributed by atoms with Crippen LogP contribution in [-0.2, 0) is 4.79 Å². The number of hydrogen-bond donors (Lipinski definition) is 1. The van der Waals surface area contributed by atoms with E-state index in [1.54, 1.807) is 19.1 Å². The molecule has 0 saturated carbocycles. The first kappa shape index (κ1) is 15.2. The number of rotatable bonds is 2. The van der Waals surface area contributed by atoms with Gasteiger partial charge in [0.25, 0.3) is 5.91 Å². The lowest BCUT2D eigenvalue weighted by Crippen LogP contribution is -2.55. The molecule has 0 spiro atoms. The lowest BCUT2D eigenvalue weighted by Gasteiger charge is -2.35. The minimum atomic E-state index is -0.452. The predicted octanol–water partition coefficient (Wildman–Crippen LogP) is 2.68. The maximum atomic E-state index is 12.2. The van der Waals surface area contributed by atoms with Crippen molar-refractivity contribution in [2.24, 2.45) is 0 Å². The van der Waals surface area contributed by atoms with E-state index in [0.717, 1.165) is 5.56 Å². The van der Waals surface area contributed by atoms with Crippen LogP contribution >= 0.6 is 0 Å². The molecular weight excluding hydrogens is 240 g/mol. The Hall–Kier alpha value is -1.84. The lowest BCUT2D eigenvalue weighted by atomic mass is 10.1. The Morgan fingerprint density at radius 1 is 1.26 bits per heavy atom. The van der Waals surface area contributed by atoms with Gasteiger partial charge in [0, 0.05) is 12.0 Å². The van der Waals surface area contributed by atoms with Crippen LogP contribution in [-0.4, -0.2) is 22.4 Å². The Bertz CT molecular complexity index is 475. The second-order valence-electron chi connectivity index (χ2n) is 5.56. The van der Waals surface area contributed by atoms with Crippen LogP contribution in [0.5, 0.6) is 0 Å². The van der Waals surface area contributed by atoms with Crippen LogP contribution in [0.25, 0.3) is 0 Å². The summed E-state index contributed by atoms with van der Waals surface area (Å²) in [5.41, 5.74) is 3.81. The van der Waals surface area contributed by atoms with E-state index < -0.39 is 5.54 Å². The van der Waals surface area contributed by atoms with Crippen molar-refractivity contribution in [1.82, 2.24) is 10.4 Å². The van der Waals surface area contributed by atoms with E-state index in [2.05, 4.69) is 5.43 Å². The van der Waals surface area contributed by atoms with E-state index in [-0.39, 0.29) is 11.8 Å². The molecule has 0 fully saturated rings. The summed E-state index contributed by atoms with van der Waals surface area (Å²) in [6.45, 7) is 9.36. The van der Waals surface area contributed by atoms with Gasteiger partial charge in [-0.1, -0.05) is 24.6 Å². The molecule has 0 bridgehead atoms. The van der Waals surface area contributed by atoms with Crippen LogP contribution in [0.2, 0.25) is 0 Å². The smallest absolute Gasteiger partial charge is 0.269 e. The Kier molecular flexibility index (Phi) is 4.70. The van der Waals surface area contributed by atoms with E-state index >= 15 is 0 Å². The first-order chi connectivity index (χ1) is 8.75. The van der Waals surface area contributed by atoms with Crippen molar-refractivity contribution >= 4 is 11.8 Å². The highest BCUT2D eigenvalue weighted by molar-refractivity contribution is 5.95. The average Bonchev–Trinajstić information content (AvgIpc) is 2.33. The van der Waals surface area contributed by atoms with Gasteiger partial charge >= 0.3 is 0 Å². The van der Waals surface area contributed by atoms with Gasteiger partial charge in [0.05, 0.1) is 5.54 Å². The Morgan fingerprint density at radius 2 is 1.89 bits per heavy atom. The van der Waals surface area contributed by atoms with Crippen LogP contribution in [0.4, 0.5) is 0 Å². The molecule has 0 aliphatic heterocycles. The summed E-state index contributed by atoms with van der Waals surface area (Å²) >= 11 is 0. The first-order valence-corrected chi connectivity index (χ1v) is 6.46. The molecule has 4 nitrogen and oxygen atoms in total. The number of benzene rings is 1. The third kappa shape index (κ3) is 4.09. The minimum Gasteiger partial charge on any atom is -0.273 e. The second kappa shape index (κ2) is 5.87. The fraction of sp³-hybridized carbons (Fsp3) is 0.467. The molecule has 0 aliphatic rings. The molecule has 0 aromatic heterocycles. The number of hydrogen-bond acceptors (Lipinski definition) is 2. The third-order valence-corrected chi connectivity index (χ3v) is 2.72. The summed E-state index contributed by atoms with van der Waals surface area (Å²) in [6.07, 6.45) is 0.353. The highest BCUT2D eigenvalue weighted by Crippen LogP contribution is 2.13. The second-order valence-corrected chi connectivity index (χ2v) is 5.56. The number of nitrogens with zero attached hydrogens (tertiary/aromatic N) is 1. The normalized spacial score (nSPS) is 11.0. The summed E-state index contributed by atoms with van der Waals surface area (Å²) in [5.74, 6) is -0.367. The highest BCUT2D eigenvalue weighted by atomic mass is 16.2. The van der Waals surface area contributed by atoms with Gasteiger partial charge in [0.15, 0.2) is 0 Å². The van der Waals surface area contributed by atoms with Gasteiger partial charge in [0.2, 0.25) is 5.91 Å². The van der Waals surface area contributed by atoms with Crippen molar-refractivity contribution in [3.63, 3.8) is 0 Å². The molecule has 2 amide bonds. The lowest BCUT2D eigenvalue weighted by molar-refractivity contribution is -0.138. The van der Waals surface area contributed by atoms with Gasteiger partial charge in [-0.3, -0.25) is 15.0 Å². The van der Waals surface area contributed by atoms with E-state index in [9.17, 15) is 9.59 Å². The summed E-state index contributed by atoms with van der Waals surface area (Å²) in [4.78, 5) is 24.1. The SMILES string of the molecule is CCC(=O)N(NC(=O)c1cccc(C)c1)C(C)(C)C. The van der Waals surface area contributed by atoms with Gasteiger partial charge in [-0.15, -0.1) is 0 Å². The van der Waals surface area contributed by atoms with Crippen LogP contribution in [0, 0.1) is 6.92 Å². The van der Waals surface area contributed by atoms with Crippen molar-refractivity contribution in [1.29, 1.82) is 0 Å². The molecule has 1 aromatic rings. The van der Waals surface area contributed by atoms with E-state index in [0.29, 0.717) is 12.0 Å². The van der Waals surface area contributed by atoms with E-state index in [1.165, 1.54) is 5.01 Å². The molecule has 1 rings (SSSR count). The Morgan fingerprint density at radius 3 is 2.37 bits per heavy atom.